The Balaban J connectivity index is 1.54. The van der Waals surface area contributed by atoms with Gasteiger partial charge in [-0.3, -0.25) is 4.79 Å². The number of carbonyl (C=O) groups excluding carboxylic acids is 1. The summed E-state index contributed by atoms with van der Waals surface area (Å²) in [6.45, 7) is 10.8. The average molecular weight is 439 g/mol. The maximum absolute atomic E-state index is 13.3. The Hall–Kier alpha value is -1.48. The lowest BCUT2D eigenvalue weighted by molar-refractivity contribution is -0.133. The van der Waals surface area contributed by atoms with Crippen LogP contribution in [-0.4, -0.2) is 75.6 Å². The van der Waals surface area contributed by atoms with Crippen LogP contribution in [-0.2, 0) is 24.3 Å². The molecule has 168 valence electrons. The molecular formula is C22H34N2O5S. The largest absolute Gasteiger partial charge is 0.378 e. The van der Waals surface area contributed by atoms with E-state index in [0.29, 0.717) is 50.7 Å². The smallest absolute Gasteiger partial charge is 0.243 e. The van der Waals surface area contributed by atoms with E-state index < -0.39 is 10.0 Å². The molecular weight excluding hydrogens is 404 g/mol. The molecule has 0 radical (unpaired) electrons. The molecule has 1 unspecified atom stereocenters. The summed E-state index contributed by atoms with van der Waals surface area (Å²) in [6, 6.07) is 2.03. The SMILES string of the molecule is Cc1cc(C)c(C)c(S(=O)(=O)N2CCN(C(=O)CCOCC3CCCO3)CC2)c1C. The predicted molar refractivity (Wildman–Crippen MR) is 115 cm³/mol. The summed E-state index contributed by atoms with van der Waals surface area (Å²) in [5.74, 6) is 0.0122. The number of hydrogen-bond acceptors (Lipinski definition) is 5. The van der Waals surface area contributed by atoms with Crippen LogP contribution in [0.2, 0.25) is 0 Å². The molecule has 2 heterocycles. The third-order valence-electron chi connectivity index (χ3n) is 6.27. The van der Waals surface area contributed by atoms with Crippen molar-refractivity contribution in [1.82, 2.24) is 9.21 Å². The van der Waals surface area contributed by atoms with E-state index in [-0.39, 0.29) is 12.0 Å². The van der Waals surface area contributed by atoms with Gasteiger partial charge in [0.15, 0.2) is 0 Å². The van der Waals surface area contributed by atoms with E-state index in [2.05, 4.69) is 0 Å². The van der Waals surface area contributed by atoms with Crippen molar-refractivity contribution in [2.24, 2.45) is 0 Å². The average Bonchev–Trinajstić information content (AvgIpc) is 3.23. The Kier molecular flexibility index (Phi) is 7.55. The molecule has 1 amide bonds. The second kappa shape index (κ2) is 9.77. The second-order valence-electron chi connectivity index (χ2n) is 8.33. The molecule has 2 saturated heterocycles. The first-order chi connectivity index (χ1) is 14.2. The summed E-state index contributed by atoms with van der Waals surface area (Å²) < 4.78 is 39.3. The van der Waals surface area contributed by atoms with Gasteiger partial charge in [-0.15, -0.1) is 0 Å². The minimum Gasteiger partial charge on any atom is -0.378 e. The number of nitrogens with zero attached hydrogens (tertiary/aromatic N) is 2. The number of hydrogen-bond donors (Lipinski definition) is 0. The van der Waals surface area contributed by atoms with E-state index in [0.717, 1.165) is 41.7 Å². The van der Waals surface area contributed by atoms with E-state index in [4.69, 9.17) is 9.47 Å². The van der Waals surface area contributed by atoms with E-state index in [1.165, 1.54) is 4.31 Å². The van der Waals surface area contributed by atoms with Crippen molar-refractivity contribution < 1.29 is 22.7 Å². The fraction of sp³-hybridized carbons (Fsp3) is 0.682. The highest BCUT2D eigenvalue weighted by molar-refractivity contribution is 7.89. The van der Waals surface area contributed by atoms with Crippen LogP contribution in [0.3, 0.4) is 0 Å². The third kappa shape index (κ3) is 5.04. The number of benzene rings is 1. The lowest BCUT2D eigenvalue weighted by Crippen LogP contribution is -2.50. The number of aryl methyl sites for hydroxylation is 2. The first-order valence-electron chi connectivity index (χ1n) is 10.8. The summed E-state index contributed by atoms with van der Waals surface area (Å²) in [4.78, 5) is 14.6. The Morgan fingerprint density at radius 2 is 1.73 bits per heavy atom. The monoisotopic (exact) mass is 438 g/mol. The van der Waals surface area contributed by atoms with Crippen molar-refractivity contribution >= 4 is 15.9 Å². The van der Waals surface area contributed by atoms with Gasteiger partial charge in [0.1, 0.15) is 0 Å². The summed E-state index contributed by atoms with van der Waals surface area (Å²) >= 11 is 0. The van der Waals surface area contributed by atoms with Crippen molar-refractivity contribution in [2.75, 3.05) is 46.0 Å². The molecule has 0 bridgehead atoms. The lowest BCUT2D eigenvalue weighted by Gasteiger charge is -2.35. The van der Waals surface area contributed by atoms with Crippen molar-refractivity contribution in [3.8, 4) is 0 Å². The highest BCUT2D eigenvalue weighted by Crippen LogP contribution is 2.29. The molecule has 2 fully saturated rings. The van der Waals surface area contributed by atoms with E-state index >= 15 is 0 Å². The normalized spacial score (nSPS) is 20.7. The first-order valence-corrected chi connectivity index (χ1v) is 12.2. The van der Waals surface area contributed by atoms with Crippen molar-refractivity contribution in [1.29, 1.82) is 0 Å². The Morgan fingerprint density at radius 3 is 2.30 bits per heavy atom. The minimum atomic E-state index is -3.59. The molecule has 3 rings (SSSR count). The molecule has 1 aromatic carbocycles. The second-order valence-corrected chi connectivity index (χ2v) is 10.2. The van der Waals surface area contributed by atoms with Crippen LogP contribution in [0.25, 0.3) is 0 Å². The molecule has 8 heteroatoms. The van der Waals surface area contributed by atoms with E-state index in [1.807, 2.05) is 33.8 Å². The van der Waals surface area contributed by atoms with Crippen LogP contribution in [0.1, 0.15) is 41.5 Å². The fourth-order valence-electron chi connectivity index (χ4n) is 4.18. The first kappa shape index (κ1) is 23.2. The number of ether oxygens (including phenoxy) is 2. The zero-order valence-corrected chi connectivity index (χ0v) is 19.4. The van der Waals surface area contributed by atoms with Gasteiger partial charge in [0.2, 0.25) is 15.9 Å². The predicted octanol–water partition coefficient (Wildman–Crippen LogP) is 2.34. The molecule has 0 aromatic heterocycles. The summed E-state index contributed by atoms with van der Waals surface area (Å²) in [6.07, 6.45) is 2.56. The highest BCUT2D eigenvalue weighted by atomic mass is 32.2. The van der Waals surface area contributed by atoms with Crippen molar-refractivity contribution in [2.45, 2.75) is 58.0 Å². The topological polar surface area (TPSA) is 76.2 Å². The number of carbonyl (C=O) groups is 1. The Labute approximate surface area is 180 Å². The number of amides is 1. The molecule has 1 atom stereocenters. The molecule has 2 aliphatic heterocycles. The standard InChI is InChI=1S/C22H34N2O5S/c1-16-14-17(2)19(4)22(18(16)3)30(26,27)24-10-8-23(9-11-24)21(25)7-13-28-15-20-6-5-12-29-20/h14,20H,5-13,15H2,1-4H3. The summed E-state index contributed by atoms with van der Waals surface area (Å²) in [7, 11) is -3.59. The van der Waals surface area contributed by atoms with Gasteiger partial charge in [-0.05, 0) is 62.8 Å². The van der Waals surface area contributed by atoms with Crippen molar-refractivity contribution in [3.05, 3.63) is 28.3 Å². The molecule has 0 spiro atoms. The Morgan fingerprint density at radius 1 is 1.10 bits per heavy atom. The van der Waals surface area contributed by atoms with Crippen LogP contribution < -0.4 is 0 Å². The molecule has 0 aliphatic carbocycles. The maximum atomic E-state index is 13.3. The van der Waals surface area contributed by atoms with Crippen LogP contribution in [0.4, 0.5) is 0 Å². The van der Waals surface area contributed by atoms with E-state index in [9.17, 15) is 13.2 Å². The number of piperazine rings is 1. The van der Waals surface area contributed by atoms with Crippen LogP contribution in [0.15, 0.2) is 11.0 Å². The number of sulfonamides is 1. The van der Waals surface area contributed by atoms with Crippen LogP contribution in [0, 0.1) is 27.7 Å². The van der Waals surface area contributed by atoms with Gasteiger partial charge < -0.3 is 14.4 Å². The highest BCUT2D eigenvalue weighted by Gasteiger charge is 2.32. The van der Waals surface area contributed by atoms with Crippen LogP contribution in [0.5, 0.6) is 0 Å². The van der Waals surface area contributed by atoms with Gasteiger partial charge in [-0.1, -0.05) is 6.07 Å². The maximum Gasteiger partial charge on any atom is 0.243 e. The zero-order valence-electron chi connectivity index (χ0n) is 18.6. The van der Waals surface area contributed by atoms with Gasteiger partial charge in [-0.25, -0.2) is 8.42 Å². The molecule has 2 aliphatic rings. The van der Waals surface area contributed by atoms with Crippen LogP contribution >= 0.6 is 0 Å². The van der Waals surface area contributed by atoms with Gasteiger partial charge in [0.25, 0.3) is 0 Å². The molecule has 30 heavy (non-hydrogen) atoms. The third-order valence-corrected chi connectivity index (χ3v) is 8.45. The van der Waals surface area contributed by atoms with Gasteiger partial charge in [0.05, 0.1) is 30.6 Å². The fourth-order valence-corrected chi connectivity index (χ4v) is 6.18. The van der Waals surface area contributed by atoms with Gasteiger partial charge in [-0.2, -0.15) is 4.31 Å². The zero-order chi connectivity index (χ0) is 21.9. The molecule has 0 saturated carbocycles. The van der Waals surface area contributed by atoms with E-state index in [1.54, 1.807) is 4.90 Å². The van der Waals surface area contributed by atoms with Gasteiger partial charge in [0, 0.05) is 32.8 Å². The summed E-state index contributed by atoms with van der Waals surface area (Å²) in [5, 5.41) is 0. The summed E-state index contributed by atoms with van der Waals surface area (Å²) in [5.41, 5.74) is 3.57. The minimum absolute atomic E-state index is 0.0122. The lowest BCUT2D eigenvalue weighted by atomic mass is 10.0. The molecule has 7 nitrogen and oxygen atoms in total. The van der Waals surface area contributed by atoms with Gasteiger partial charge >= 0.3 is 0 Å². The Bertz CT molecular complexity index is 844. The molecule has 1 aromatic rings. The number of rotatable bonds is 7. The molecule has 0 N–H and O–H groups in total. The van der Waals surface area contributed by atoms with Crippen molar-refractivity contribution in [3.63, 3.8) is 0 Å². The quantitative estimate of drug-likeness (QED) is 0.611.